The van der Waals surface area contributed by atoms with Crippen molar-refractivity contribution in [1.82, 2.24) is 25.1 Å². The fourth-order valence-corrected chi connectivity index (χ4v) is 4.46. The van der Waals surface area contributed by atoms with Gasteiger partial charge in [-0.2, -0.15) is 5.10 Å². The molecule has 168 valence electrons. The molecule has 3 aromatic heterocycles. The molecule has 0 aromatic carbocycles. The van der Waals surface area contributed by atoms with Crippen molar-refractivity contribution in [2.24, 2.45) is 5.41 Å². The zero-order valence-corrected chi connectivity index (χ0v) is 17.1. The van der Waals surface area contributed by atoms with Crippen LogP contribution in [-0.2, 0) is 0 Å². The maximum absolute atomic E-state index is 12.5. The molecule has 1 saturated heterocycles. The van der Waals surface area contributed by atoms with E-state index in [9.17, 15) is 18.0 Å². The molecule has 2 N–H and O–H groups in total. The highest BCUT2D eigenvalue weighted by Crippen LogP contribution is 2.51. The minimum atomic E-state index is -4.81. The molecule has 1 saturated carbocycles. The van der Waals surface area contributed by atoms with Gasteiger partial charge in [0.25, 0.3) is 0 Å². The molecule has 4 heterocycles. The van der Waals surface area contributed by atoms with Crippen LogP contribution in [0.2, 0.25) is 0 Å². The van der Waals surface area contributed by atoms with E-state index in [0.29, 0.717) is 0 Å². The van der Waals surface area contributed by atoms with Crippen molar-refractivity contribution in [2.45, 2.75) is 25.2 Å². The highest BCUT2D eigenvalue weighted by Gasteiger charge is 2.54. The molecule has 1 aliphatic carbocycles. The second-order valence-corrected chi connectivity index (χ2v) is 8.39. The van der Waals surface area contributed by atoms with Crippen LogP contribution < -0.4 is 15.0 Å². The number of fused-ring (bicyclic) bond motifs is 1. The quantitative estimate of drug-likeness (QED) is 0.636. The summed E-state index contributed by atoms with van der Waals surface area (Å²) in [6.07, 6.45) is 1.63. The largest absolute Gasteiger partial charge is 0.573 e. The summed E-state index contributed by atoms with van der Waals surface area (Å²) < 4.78 is 41.0. The number of nitrogens with zero attached hydrogens (tertiary/aromatic N) is 5. The first-order chi connectivity index (χ1) is 15.2. The number of hydrogen-bond donors (Lipinski definition) is 2. The average molecular weight is 447 g/mol. The molecule has 2 amide bonds. The number of aromatic nitrogens is 4. The molecule has 0 unspecified atom stereocenters. The Balaban J connectivity index is 1.13. The zero-order chi connectivity index (χ0) is 22.5. The predicted octanol–water partition coefficient (Wildman–Crippen LogP) is 3.38. The molecule has 32 heavy (non-hydrogen) atoms. The van der Waals surface area contributed by atoms with E-state index < -0.39 is 18.1 Å². The first-order valence-corrected chi connectivity index (χ1v) is 9.99. The standard InChI is InChI=1S/C20H20F3N7O2/c1-29(18(31)27-16-5-15(2-3-24-16)32-20(21,22)23)14-6-19(7-14)10-30(11-19)13-4-12-8-26-28-17(12)25-9-13/h2-5,8-9,14H,6-7,10-11H2,1H3,(H,24,27,31)(H,25,26,28). The van der Waals surface area contributed by atoms with Gasteiger partial charge in [0, 0.05) is 49.2 Å². The van der Waals surface area contributed by atoms with E-state index in [1.54, 1.807) is 18.1 Å². The van der Waals surface area contributed by atoms with Crippen LogP contribution in [0, 0.1) is 5.41 Å². The Morgan fingerprint density at radius 3 is 2.81 bits per heavy atom. The molecule has 1 spiro atoms. The summed E-state index contributed by atoms with van der Waals surface area (Å²) in [7, 11) is 1.68. The van der Waals surface area contributed by atoms with Crippen molar-refractivity contribution >= 4 is 28.6 Å². The first-order valence-electron chi connectivity index (χ1n) is 9.99. The number of anilines is 2. The number of pyridine rings is 2. The third kappa shape index (κ3) is 3.87. The zero-order valence-electron chi connectivity index (χ0n) is 17.1. The SMILES string of the molecule is CN(C(=O)Nc1cc(OC(F)(F)F)ccn1)C1CC2(C1)CN(c1cnc3[nH]ncc3c1)C2. The van der Waals surface area contributed by atoms with Gasteiger partial charge in [-0.25, -0.2) is 14.8 Å². The monoisotopic (exact) mass is 447 g/mol. The Labute approximate surface area is 180 Å². The van der Waals surface area contributed by atoms with Crippen LogP contribution in [0.1, 0.15) is 12.8 Å². The van der Waals surface area contributed by atoms with Gasteiger partial charge >= 0.3 is 12.4 Å². The lowest BCUT2D eigenvalue weighted by molar-refractivity contribution is -0.274. The summed E-state index contributed by atoms with van der Waals surface area (Å²) in [5, 5.41) is 10.3. The van der Waals surface area contributed by atoms with Crippen LogP contribution in [-0.4, -0.2) is 63.6 Å². The number of ether oxygens (including phenoxy) is 1. The molecule has 3 aromatic rings. The number of nitrogens with one attached hydrogen (secondary N) is 2. The smallest absolute Gasteiger partial charge is 0.406 e. The minimum Gasteiger partial charge on any atom is -0.406 e. The van der Waals surface area contributed by atoms with E-state index in [4.69, 9.17) is 0 Å². The highest BCUT2D eigenvalue weighted by atomic mass is 19.4. The number of carbonyl (C=O) groups excluding carboxylic acids is 1. The van der Waals surface area contributed by atoms with Gasteiger partial charge in [0.05, 0.1) is 18.1 Å². The molecule has 5 rings (SSSR count). The van der Waals surface area contributed by atoms with Crippen LogP contribution in [0.4, 0.5) is 29.5 Å². The lowest BCUT2D eigenvalue weighted by Crippen LogP contribution is -2.67. The van der Waals surface area contributed by atoms with Gasteiger partial charge in [-0.1, -0.05) is 0 Å². The Kier molecular flexibility index (Phi) is 4.60. The average Bonchev–Trinajstić information content (AvgIpc) is 3.12. The van der Waals surface area contributed by atoms with E-state index in [1.807, 2.05) is 6.20 Å². The molecule has 0 radical (unpaired) electrons. The van der Waals surface area contributed by atoms with Crippen LogP contribution in [0.5, 0.6) is 5.75 Å². The minimum absolute atomic E-state index is 0.00500. The van der Waals surface area contributed by atoms with Gasteiger partial charge in [-0.15, -0.1) is 13.2 Å². The van der Waals surface area contributed by atoms with Gasteiger partial charge in [0.2, 0.25) is 0 Å². The number of alkyl halides is 3. The Bertz CT molecular complexity index is 1150. The van der Waals surface area contributed by atoms with E-state index in [1.165, 1.54) is 0 Å². The summed E-state index contributed by atoms with van der Waals surface area (Å²) >= 11 is 0. The van der Waals surface area contributed by atoms with E-state index in [2.05, 4.69) is 41.2 Å². The molecule has 12 heteroatoms. The summed E-state index contributed by atoms with van der Waals surface area (Å²) in [5.74, 6) is -0.444. The number of aromatic amines is 1. The normalized spacial score (nSPS) is 17.7. The summed E-state index contributed by atoms with van der Waals surface area (Å²) in [6, 6.07) is 3.80. The molecule has 2 fully saturated rings. The number of amides is 2. The number of halogens is 3. The lowest BCUT2D eigenvalue weighted by Gasteiger charge is -2.61. The fourth-order valence-electron chi connectivity index (χ4n) is 4.46. The Morgan fingerprint density at radius 1 is 1.28 bits per heavy atom. The van der Waals surface area contributed by atoms with Gasteiger partial charge in [0.15, 0.2) is 5.65 Å². The van der Waals surface area contributed by atoms with Crippen LogP contribution in [0.3, 0.4) is 0 Å². The lowest BCUT2D eigenvalue weighted by atomic mass is 9.60. The first kappa shape index (κ1) is 20.3. The van der Waals surface area contributed by atoms with Gasteiger partial charge < -0.3 is 14.5 Å². The number of carbonyl (C=O) groups is 1. The maximum Gasteiger partial charge on any atom is 0.573 e. The molecule has 9 nitrogen and oxygen atoms in total. The number of rotatable bonds is 4. The summed E-state index contributed by atoms with van der Waals surface area (Å²) in [5.41, 5.74) is 1.97. The van der Waals surface area contributed by atoms with Crippen LogP contribution in [0.15, 0.2) is 36.8 Å². The van der Waals surface area contributed by atoms with E-state index in [0.717, 1.165) is 61.0 Å². The van der Waals surface area contributed by atoms with Crippen molar-refractivity contribution in [3.63, 3.8) is 0 Å². The van der Waals surface area contributed by atoms with Crippen molar-refractivity contribution < 1.29 is 22.7 Å². The number of hydrogen-bond acceptors (Lipinski definition) is 6. The number of H-pyrrole nitrogens is 1. The van der Waals surface area contributed by atoms with Crippen LogP contribution in [0.25, 0.3) is 11.0 Å². The van der Waals surface area contributed by atoms with E-state index >= 15 is 0 Å². The molecular formula is C20H20F3N7O2. The molecule has 2 aliphatic rings. The summed E-state index contributed by atoms with van der Waals surface area (Å²) in [6.45, 7) is 1.78. The van der Waals surface area contributed by atoms with Gasteiger partial charge in [-0.05, 0) is 25.0 Å². The van der Waals surface area contributed by atoms with Gasteiger partial charge in [-0.3, -0.25) is 10.4 Å². The molecule has 0 atom stereocenters. The van der Waals surface area contributed by atoms with Crippen molar-refractivity contribution in [3.8, 4) is 5.75 Å². The predicted molar refractivity (Wildman–Crippen MR) is 109 cm³/mol. The Hall–Kier alpha value is -3.57. The van der Waals surface area contributed by atoms with Gasteiger partial charge in [0.1, 0.15) is 11.6 Å². The molecular weight excluding hydrogens is 427 g/mol. The van der Waals surface area contributed by atoms with Crippen molar-refractivity contribution in [3.05, 3.63) is 36.8 Å². The maximum atomic E-state index is 12.5. The highest BCUT2D eigenvalue weighted by molar-refractivity contribution is 5.88. The van der Waals surface area contributed by atoms with Crippen molar-refractivity contribution in [2.75, 3.05) is 30.4 Å². The second kappa shape index (κ2) is 7.24. The van der Waals surface area contributed by atoms with Crippen LogP contribution >= 0.6 is 0 Å². The third-order valence-electron chi connectivity index (χ3n) is 6.10. The second-order valence-electron chi connectivity index (χ2n) is 8.39. The molecule has 1 aliphatic heterocycles. The topological polar surface area (TPSA) is 99.3 Å². The van der Waals surface area contributed by atoms with Crippen molar-refractivity contribution in [1.29, 1.82) is 0 Å². The number of urea groups is 1. The fraction of sp³-hybridized carbons (Fsp3) is 0.400. The third-order valence-corrected chi connectivity index (χ3v) is 6.10. The molecule has 0 bridgehead atoms. The summed E-state index contributed by atoms with van der Waals surface area (Å²) in [4.78, 5) is 24.6. The Morgan fingerprint density at radius 2 is 2.06 bits per heavy atom. The van der Waals surface area contributed by atoms with E-state index in [-0.39, 0.29) is 17.3 Å².